The third-order valence-corrected chi connectivity index (χ3v) is 3.88. The standard InChI is InChI=1S/C15H16O2/c1-8-4-5-11-9(2)7-13-14(12(11)6-8)10(3)15(16)17-13/h4-6,9,13H,7H2,1-3H3/t9-,13+/m0/s1. The van der Waals surface area contributed by atoms with Crippen LogP contribution in [-0.4, -0.2) is 12.1 Å². The summed E-state index contributed by atoms with van der Waals surface area (Å²) in [5, 5.41) is 0. The van der Waals surface area contributed by atoms with Gasteiger partial charge in [0.2, 0.25) is 0 Å². The molecule has 1 aromatic carbocycles. The maximum atomic E-state index is 11.7. The number of carbonyl (C=O) groups excluding carboxylic acids is 1. The van der Waals surface area contributed by atoms with Crippen molar-refractivity contribution in [2.45, 2.75) is 39.2 Å². The Balaban J connectivity index is 2.26. The Morgan fingerprint density at radius 2 is 2.06 bits per heavy atom. The van der Waals surface area contributed by atoms with Gasteiger partial charge in [0.25, 0.3) is 0 Å². The molecular formula is C15H16O2. The molecule has 1 aliphatic heterocycles. The first-order valence-corrected chi connectivity index (χ1v) is 6.10. The molecule has 0 N–H and O–H groups in total. The second-order valence-corrected chi connectivity index (χ2v) is 5.16. The lowest BCUT2D eigenvalue weighted by atomic mass is 9.78. The van der Waals surface area contributed by atoms with Crippen LogP contribution in [0.3, 0.4) is 0 Å². The van der Waals surface area contributed by atoms with Crippen LogP contribution in [0.1, 0.15) is 42.9 Å². The summed E-state index contributed by atoms with van der Waals surface area (Å²) in [6.45, 7) is 6.16. The number of ether oxygens (including phenoxy) is 1. The molecule has 0 bridgehead atoms. The lowest BCUT2D eigenvalue weighted by Crippen LogP contribution is -2.20. The minimum atomic E-state index is -0.147. The van der Waals surface area contributed by atoms with E-state index in [2.05, 4.69) is 32.0 Å². The van der Waals surface area contributed by atoms with Crippen LogP contribution in [0.2, 0.25) is 0 Å². The summed E-state index contributed by atoms with van der Waals surface area (Å²) >= 11 is 0. The normalized spacial score (nSPS) is 26.6. The number of rotatable bonds is 0. The first-order chi connectivity index (χ1) is 8.08. The molecule has 17 heavy (non-hydrogen) atoms. The number of benzene rings is 1. The number of hydrogen-bond donors (Lipinski definition) is 0. The zero-order chi connectivity index (χ0) is 12.2. The Hall–Kier alpha value is -1.57. The molecular weight excluding hydrogens is 212 g/mol. The van der Waals surface area contributed by atoms with Crippen LogP contribution < -0.4 is 0 Å². The van der Waals surface area contributed by atoms with Crippen molar-refractivity contribution in [3.05, 3.63) is 40.5 Å². The van der Waals surface area contributed by atoms with Crippen molar-refractivity contribution in [1.29, 1.82) is 0 Å². The fourth-order valence-corrected chi connectivity index (χ4v) is 2.95. The molecule has 3 rings (SSSR count). The zero-order valence-electron chi connectivity index (χ0n) is 10.4. The van der Waals surface area contributed by atoms with Crippen LogP contribution in [-0.2, 0) is 9.53 Å². The van der Waals surface area contributed by atoms with E-state index in [1.165, 1.54) is 16.7 Å². The van der Waals surface area contributed by atoms with Gasteiger partial charge in [-0.3, -0.25) is 0 Å². The Morgan fingerprint density at radius 1 is 1.29 bits per heavy atom. The van der Waals surface area contributed by atoms with Crippen molar-refractivity contribution < 1.29 is 9.53 Å². The molecule has 1 aliphatic carbocycles. The van der Waals surface area contributed by atoms with Gasteiger partial charge < -0.3 is 4.74 Å². The van der Waals surface area contributed by atoms with Gasteiger partial charge in [-0.25, -0.2) is 4.79 Å². The molecule has 0 radical (unpaired) electrons. The van der Waals surface area contributed by atoms with E-state index >= 15 is 0 Å². The second-order valence-electron chi connectivity index (χ2n) is 5.16. The Morgan fingerprint density at radius 3 is 2.82 bits per heavy atom. The minimum absolute atomic E-state index is 0.0215. The van der Waals surface area contributed by atoms with Gasteiger partial charge >= 0.3 is 5.97 Å². The molecule has 2 aliphatic rings. The lowest BCUT2D eigenvalue weighted by Gasteiger charge is -2.28. The van der Waals surface area contributed by atoms with E-state index in [1.807, 2.05) is 6.92 Å². The predicted octanol–water partition coefficient (Wildman–Crippen LogP) is 3.20. The minimum Gasteiger partial charge on any atom is -0.454 e. The van der Waals surface area contributed by atoms with Crippen LogP contribution in [0.15, 0.2) is 23.8 Å². The highest BCUT2D eigenvalue weighted by atomic mass is 16.5. The monoisotopic (exact) mass is 228 g/mol. The van der Waals surface area contributed by atoms with Crippen molar-refractivity contribution >= 4 is 11.5 Å². The second kappa shape index (κ2) is 3.46. The molecule has 0 spiro atoms. The number of hydrogen-bond acceptors (Lipinski definition) is 2. The molecule has 0 unspecified atom stereocenters. The average molecular weight is 228 g/mol. The van der Waals surface area contributed by atoms with Crippen molar-refractivity contribution in [2.75, 3.05) is 0 Å². The van der Waals surface area contributed by atoms with Gasteiger partial charge in [-0.15, -0.1) is 0 Å². The molecule has 0 aromatic heterocycles. The summed E-state index contributed by atoms with van der Waals surface area (Å²) < 4.78 is 5.43. The molecule has 88 valence electrons. The molecule has 0 saturated heterocycles. The quantitative estimate of drug-likeness (QED) is 0.637. The number of esters is 1. The van der Waals surface area contributed by atoms with Gasteiger partial charge in [0.05, 0.1) is 0 Å². The molecule has 0 fully saturated rings. The number of carbonyl (C=O) groups is 1. The number of aryl methyl sites for hydroxylation is 1. The van der Waals surface area contributed by atoms with Crippen LogP contribution in [0, 0.1) is 6.92 Å². The maximum absolute atomic E-state index is 11.7. The Kier molecular flexibility index (Phi) is 2.15. The van der Waals surface area contributed by atoms with Crippen molar-refractivity contribution in [1.82, 2.24) is 0 Å². The van der Waals surface area contributed by atoms with E-state index in [0.717, 1.165) is 17.6 Å². The van der Waals surface area contributed by atoms with Crippen LogP contribution >= 0.6 is 0 Å². The van der Waals surface area contributed by atoms with Gasteiger partial charge in [0.1, 0.15) is 6.10 Å². The van der Waals surface area contributed by atoms with Gasteiger partial charge in [-0.1, -0.05) is 30.7 Å². The Bertz CT molecular complexity index is 540. The molecule has 2 atom stereocenters. The summed E-state index contributed by atoms with van der Waals surface area (Å²) in [6, 6.07) is 6.51. The van der Waals surface area contributed by atoms with Gasteiger partial charge in [0.15, 0.2) is 0 Å². The molecule has 0 amide bonds. The van der Waals surface area contributed by atoms with E-state index in [1.54, 1.807) is 0 Å². The van der Waals surface area contributed by atoms with E-state index in [0.29, 0.717) is 5.92 Å². The lowest BCUT2D eigenvalue weighted by molar-refractivity contribution is -0.139. The van der Waals surface area contributed by atoms with Crippen LogP contribution in [0.4, 0.5) is 0 Å². The number of fused-ring (bicyclic) bond motifs is 3. The van der Waals surface area contributed by atoms with Crippen LogP contribution in [0.5, 0.6) is 0 Å². The third-order valence-electron chi connectivity index (χ3n) is 3.88. The molecule has 2 heteroatoms. The summed E-state index contributed by atoms with van der Waals surface area (Å²) in [4.78, 5) is 11.7. The molecule has 0 saturated carbocycles. The van der Waals surface area contributed by atoms with Gasteiger partial charge in [-0.05, 0) is 37.3 Å². The molecule has 1 aromatic rings. The highest BCUT2D eigenvalue weighted by Gasteiger charge is 2.38. The predicted molar refractivity (Wildman–Crippen MR) is 66.7 cm³/mol. The molecule has 2 nitrogen and oxygen atoms in total. The van der Waals surface area contributed by atoms with E-state index in [-0.39, 0.29) is 12.1 Å². The fraction of sp³-hybridized carbons (Fsp3) is 0.400. The highest BCUT2D eigenvalue weighted by molar-refractivity contribution is 6.03. The smallest absolute Gasteiger partial charge is 0.334 e. The van der Waals surface area contributed by atoms with E-state index in [4.69, 9.17) is 4.74 Å². The highest BCUT2D eigenvalue weighted by Crippen LogP contribution is 2.44. The first kappa shape index (κ1) is 10.6. The average Bonchev–Trinajstić information content (AvgIpc) is 2.54. The maximum Gasteiger partial charge on any atom is 0.334 e. The summed E-state index contributed by atoms with van der Waals surface area (Å²) in [5.74, 6) is 0.310. The van der Waals surface area contributed by atoms with Crippen LogP contribution in [0.25, 0.3) is 5.57 Å². The van der Waals surface area contributed by atoms with Gasteiger partial charge in [0, 0.05) is 11.1 Å². The first-order valence-electron chi connectivity index (χ1n) is 6.10. The van der Waals surface area contributed by atoms with Crippen molar-refractivity contribution in [3.63, 3.8) is 0 Å². The third kappa shape index (κ3) is 1.43. The largest absolute Gasteiger partial charge is 0.454 e. The van der Waals surface area contributed by atoms with Gasteiger partial charge in [-0.2, -0.15) is 0 Å². The Labute approximate surface area is 101 Å². The van der Waals surface area contributed by atoms with E-state index < -0.39 is 0 Å². The SMILES string of the molecule is CC1=C2c3cc(C)ccc3[C@@H](C)C[C@H]2OC1=O. The van der Waals surface area contributed by atoms with Crippen molar-refractivity contribution in [2.24, 2.45) is 0 Å². The summed E-state index contributed by atoms with van der Waals surface area (Å²) in [5.41, 5.74) is 5.70. The molecule has 1 heterocycles. The summed E-state index contributed by atoms with van der Waals surface area (Å²) in [7, 11) is 0. The van der Waals surface area contributed by atoms with Crippen molar-refractivity contribution in [3.8, 4) is 0 Å². The van der Waals surface area contributed by atoms with E-state index in [9.17, 15) is 4.79 Å². The summed E-state index contributed by atoms with van der Waals surface area (Å²) in [6.07, 6.45) is 0.890. The topological polar surface area (TPSA) is 26.3 Å². The zero-order valence-corrected chi connectivity index (χ0v) is 10.4. The fourth-order valence-electron chi connectivity index (χ4n) is 2.95.